The second-order valence-electron chi connectivity index (χ2n) is 5.00. The molecule has 8 heteroatoms. The van der Waals surface area contributed by atoms with Crippen molar-refractivity contribution in [2.24, 2.45) is 10.9 Å². The lowest BCUT2D eigenvalue weighted by Crippen LogP contribution is -2.47. The number of hydrogen-bond acceptors (Lipinski definition) is 6. The van der Waals surface area contributed by atoms with Crippen molar-refractivity contribution < 1.29 is 13.6 Å². The Hall–Kier alpha value is -1.41. The van der Waals surface area contributed by atoms with Crippen LogP contribution in [0, 0.1) is 0 Å². The zero-order valence-corrected chi connectivity index (χ0v) is 13.6. The Morgan fingerprint density at radius 2 is 2.24 bits per heavy atom. The van der Waals surface area contributed by atoms with E-state index in [1.165, 1.54) is 11.8 Å². The summed E-state index contributed by atoms with van der Waals surface area (Å²) in [6.45, 7) is 2.28. The summed E-state index contributed by atoms with van der Waals surface area (Å²) in [5.74, 6) is 0.276. The first-order chi connectivity index (χ1) is 9.89. The van der Waals surface area contributed by atoms with Gasteiger partial charge in [-0.3, -0.25) is 0 Å². The van der Waals surface area contributed by atoms with Gasteiger partial charge in [0.15, 0.2) is 15.7 Å². The van der Waals surface area contributed by atoms with Gasteiger partial charge in [-0.25, -0.2) is 8.42 Å². The van der Waals surface area contributed by atoms with Gasteiger partial charge in [0.1, 0.15) is 0 Å². The molecule has 116 valence electrons. The van der Waals surface area contributed by atoms with Crippen LogP contribution in [-0.4, -0.2) is 49.8 Å². The highest BCUT2D eigenvalue weighted by atomic mass is 32.2. The maximum absolute atomic E-state index is 11.7. The SMILES string of the molecule is CSc1cccc(N2CCS(=O)(=O)CC2C)c1/C(N)=N/O. The molecule has 1 aromatic carbocycles. The maximum Gasteiger partial charge on any atom is 0.173 e. The lowest BCUT2D eigenvalue weighted by Gasteiger charge is -2.36. The second-order valence-corrected chi connectivity index (χ2v) is 8.07. The number of rotatable bonds is 3. The maximum atomic E-state index is 11.7. The zero-order chi connectivity index (χ0) is 15.6. The fourth-order valence-corrected chi connectivity index (χ4v) is 4.78. The summed E-state index contributed by atoms with van der Waals surface area (Å²) in [6, 6.07) is 5.52. The first-order valence-corrected chi connectivity index (χ1v) is 9.56. The van der Waals surface area contributed by atoms with Crippen molar-refractivity contribution in [3.05, 3.63) is 23.8 Å². The van der Waals surface area contributed by atoms with Gasteiger partial charge < -0.3 is 15.8 Å². The predicted molar refractivity (Wildman–Crippen MR) is 86.2 cm³/mol. The Morgan fingerprint density at radius 1 is 1.52 bits per heavy atom. The Kier molecular flexibility index (Phi) is 4.67. The summed E-state index contributed by atoms with van der Waals surface area (Å²) < 4.78 is 23.4. The molecule has 1 aliphatic rings. The standard InChI is InChI=1S/C13H19N3O3S2/c1-9-8-21(18,19)7-6-16(9)10-4-3-5-11(20-2)12(10)13(14)15-17/h3-5,9,17H,6-8H2,1-2H3,(H2,14,15). The van der Waals surface area contributed by atoms with E-state index in [1.54, 1.807) is 0 Å². The predicted octanol–water partition coefficient (Wildman–Crippen LogP) is 1.13. The van der Waals surface area contributed by atoms with Crippen molar-refractivity contribution in [3.63, 3.8) is 0 Å². The minimum Gasteiger partial charge on any atom is -0.409 e. The number of nitrogens with zero attached hydrogens (tertiary/aromatic N) is 2. The highest BCUT2D eigenvalue weighted by Gasteiger charge is 2.30. The lowest BCUT2D eigenvalue weighted by atomic mass is 10.1. The molecule has 0 radical (unpaired) electrons. The number of oxime groups is 1. The summed E-state index contributed by atoms with van der Waals surface area (Å²) in [7, 11) is -2.98. The molecule has 1 aromatic rings. The van der Waals surface area contributed by atoms with Crippen LogP contribution in [0.5, 0.6) is 0 Å². The van der Waals surface area contributed by atoms with Crippen molar-refractivity contribution in [2.75, 3.05) is 29.2 Å². The number of nitrogens with two attached hydrogens (primary N) is 1. The number of amidine groups is 1. The van der Waals surface area contributed by atoms with Crippen molar-refractivity contribution in [2.45, 2.75) is 17.9 Å². The monoisotopic (exact) mass is 329 g/mol. The average molecular weight is 329 g/mol. The van der Waals surface area contributed by atoms with Crippen molar-refractivity contribution >= 4 is 33.1 Å². The van der Waals surface area contributed by atoms with Crippen LogP contribution >= 0.6 is 11.8 Å². The third-order valence-electron chi connectivity index (χ3n) is 3.57. The first-order valence-electron chi connectivity index (χ1n) is 6.51. The molecule has 1 fully saturated rings. The number of thioether (sulfide) groups is 1. The van der Waals surface area contributed by atoms with Crippen molar-refractivity contribution in [3.8, 4) is 0 Å². The Labute approximate surface area is 128 Å². The van der Waals surface area contributed by atoms with Gasteiger partial charge in [-0.15, -0.1) is 11.8 Å². The van der Waals surface area contributed by atoms with Crippen molar-refractivity contribution in [1.29, 1.82) is 0 Å². The van der Waals surface area contributed by atoms with E-state index in [0.29, 0.717) is 12.1 Å². The van der Waals surface area contributed by atoms with E-state index in [9.17, 15) is 8.42 Å². The summed E-state index contributed by atoms with van der Waals surface area (Å²) >= 11 is 1.50. The highest BCUT2D eigenvalue weighted by Crippen LogP contribution is 2.32. The molecule has 6 nitrogen and oxygen atoms in total. The minimum absolute atomic E-state index is 0.0376. The van der Waals surface area contributed by atoms with E-state index >= 15 is 0 Å². The molecular formula is C13H19N3O3S2. The van der Waals surface area contributed by atoms with Gasteiger partial charge in [-0.1, -0.05) is 11.2 Å². The molecule has 0 aromatic heterocycles. The second kappa shape index (κ2) is 6.15. The Morgan fingerprint density at radius 3 is 2.81 bits per heavy atom. The van der Waals surface area contributed by atoms with Crippen molar-refractivity contribution in [1.82, 2.24) is 0 Å². The third kappa shape index (κ3) is 3.26. The fourth-order valence-electron chi connectivity index (χ4n) is 2.59. The molecule has 21 heavy (non-hydrogen) atoms. The molecule has 1 aliphatic heterocycles. The highest BCUT2D eigenvalue weighted by molar-refractivity contribution is 7.98. The number of benzene rings is 1. The molecule has 1 heterocycles. The van der Waals surface area contributed by atoms with Crippen LogP contribution < -0.4 is 10.6 Å². The van der Waals surface area contributed by atoms with Gasteiger partial charge in [-0.05, 0) is 25.3 Å². The fraction of sp³-hybridized carbons (Fsp3) is 0.462. The molecule has 0 aliphatic carbocycles. The quantitative estimate of drug-likeness (QED) is 0.284. The summed E-state index contributed by atoms with van der Waals surface area (Å²) in [5.41, 5.74) is 7.28. The van der Waals surface area contributed by atoms with Gasteiger partial charge in [0.2, 0.25) is 0 Å². The van der Waals surface area contributed by atoms with Crippen LogP contribution in [0.4, 0.5) is 5.69 Å². The molecule has 1 saturated heterocycles. The van der Waals surface area contributed by atoms with Crippen LogP contribution in [0.3, 0.4) is 0 Å². The molecule has 0 spiro atoms. The largest absolute Gasteiger partial charge is 0.409 e. The topological polar surface area (TPSA) is 96.0 Å². The summed E-state index contributed by atoms with van der Waals surface area (Å²) in [4.78, 5) is 2.90. The molecular weight excluding hydrogens is 310 g/mol. The van der Waals surface area contributed by atoms with Gasteiger partial charge in [0, 0.05) is 23.2 Å². The minimum atomic E-state index is -2.98. The van der Waals surface area contributed by atoms with Gasteiger partial charge in [-0.2, -0.15) is 0 Å². The Balaban J connectivity index is 2.49. The molecule has 1 atom stereocenters. The van der Waals surface area contributed by atoms with E-state index in [0.717, 1.165) is 10.6 Å². The van der Waals surface area contributed by atoms with E-state index in [4.69, 9.17) is 10.9 Å². The van der Waals surface area contributed by atoms with Gasteiger partial charge >= 0.3 is 0 Å². The summed E-state index contributed by atoms with van der Waals surface area (Å²) in [5, 5.41) is 12.1. The molecule has 0 amide bonds. The van der Waals surface area contributed by atoms with Crippen LogP contribution in [0.1, 0.15) is 12.5 Å². The average Bonchev–Trinajstić information content (AvgIpc) is 2.44. The van der Waals surface area contributed by atoms with E-state index in [2.05, 4.69) is 5.16 Å². The molecule has 1 unspecified atom stereocenters. The van der Waals surface area contributed by atoms with E-state index in [-0.39, 0.29) is 23.4 Å². The smallest absolute Gasteiger partial charge is 0.173 e. The van der Waals surface area contributed by atoms with E-state index < -0.39 is 9.84 Å². The number of hydrogen-bond donors (Lipinski definition) is 2. The third-order valence-corrected chi connectivity index (χ3v) is 6.14. The lowest BCUT2D eigenvalue weighted by molar-refractivity contribution is 0.318. The molecule has 2 rings (SSSR count). The molecule has 0 bridgehead atoms. The van der Waals surface area contributed by atoms with Crippen LogP contribution in [-0.2, 0) is 9.84 Å². The zero-order valence-electron chi connectivity index (χ0n) is 12.0. The Bertz CT molecular complexity index is 659. The van der Waals surface area contributed by atoms with Crippen LogP contribution in [0.15, 0.2) is 28.3 Å². The normalized spacial score (nSPS) is 22.3. The first kappa shape index (κ1) is 16.0. The van der Waals surface area contributed by atoms with Crippen LogP contribution in [0.2, 0.25) is 0 Å². The van der Waals surface area contributed by atoms with Gasteiger partial charge in [0.05, 0.1) is 17.1 Å². The van der Waals surface area contributed by atoms with E-state index in [1.807, 2.05) is 36.3 Å². The number of sulfone groups is 1. The van der Waals surface area contributed by atoms with Gasteiger partial charge in [0.25, 0.3) is 0 Å². The van der Waals surface area contributed by atoms with Crippen LogP contribution in [0.25, 0.3) is 0 Å². The number of anilines is 1. The molecule has 3 N–H and O–H groups in total. The summed E-state index contributed by atoms with van der Waals surface area (Å²) in [6.07, 6.45) is 1.91. The molecule has 0 saturated carbocycles.